The third-order valence-electron chi connectivity index (χ3n) is 3.88. The van der Waals surface area contributed by atoms with Crippen molar-refractivity contribution in [2.45, 2.75) is 19.5 Å². The fourth-order valence-corrected chi connectivity index (χ4v) is 3.01. The fraction of sp³-hybridized carbons (Fsp3) is 0.235. The van der Waals surface area contributed by atoms with Crippen LogP contribution in [0.25, 0.3) is 0 Å². The van der Waals surface area contributed by atoms with E-state index in [1.165, 1.54) is 16.7 Å². The van der Waals surface area contributed by atoms with Crippen molar-refractivity contribution in [1.29, 1.82) is 0 Å². The van der Waals surface area contributed by atoms with Crippen molar-refractivity contribution in [1.82, 2.24) is 4.90 Å². The number of hydrogen-bond acceptors (Lipinski definition) is 3. The van der Waals surface area contributed by atoms with Crippen molar-refractivity contribution in [3.05, 3.63) is 70.2 Å². The highest BCUT2D eigenvalue weighted by Gasteiger charge is 2.28. The number of guanidine groups is 1. The van der Waals surface area contributed by atoms with Gasteiger partial charge in [-0.3, -0.25) is 4.99 Å². The summed E-state index contributed by atoms with van der Waals surface area (Å²) in [5.41, 5.74) is 9.73. The molecule has 0 aromatic heterocycles. The molecule has 1 unspecified atom stereocenters. The normalized spacial score (nSPS) is 17.9. The summed E-state index contributed by atoms with van der Waals surface area (Å²) < 4.78 is 0. The molecule has 1 heterocycles. The standard InChI is InChI=1S/C17H18ClN3/c1-12-9-14(18)7-8-15(12)16-10-20-17(19)21(16)11-13-5-3-2-4-6-13/h2-9,16H,10-11H2,1H3,(H2,19,20). The number of nitrogens with zero attached hydrogens (tertiary/aromatic N) is 2. The molecule has 0 spiro atoms. The van der Waals surface area contributed by atoms with E-state index in [0.29, 0.717) is 12.5 Å². The van der Waals surface area contributed by atoms with Gasteiger partial charge in [0.25, 0.3) is 0 Å². The highest BCUT2D eigenvalue weighted by atomic mass is 35.5. The zero-order valence-corrected chi connectivity index (χ0v) is 12.7. The molecule has 108 valence electrons. The summed E-state index contributed by atoms with van der Waals surface area (Å²) in [6.07, 6.45) is 0. The van der Waals surface area contributed by atoms with Gasteiger partial charge in [-0.2, -0.15) is 0 Å². The van der Waals surface area contributed by atoms with Crippen molar-refractivity contribution in [2.75, 3.05) is 6.54 Å². The minimum Gasteiger partial charge on any atom is -0.370 e. The van der Waals surface area contributed by atoms with Crippen LogP contribution in [0.3, 0.4) is 0 Å². The van der Waals surface area contributed by atoms with Gasteiger partial charge in [-0.05, 0) is 35.7 Å². The van der Waals surface area contributed by atoms with Crippen LogP contribution in [0.5, 0.6) is 0 Å². The first-order chi connectivity index (χ1) is 10.1. The smallest absolute Gasteiger partial charge is 0.192 e. The fourth-order valence-electron chi connectivity index (χ4n) is 2.78. The van der Waals surface area contributed by atoms with Gasteiger partial charge in [0.1, 0.15) is 0 Å². The lowest BCUT2D eigenvalue weighted by molar-refractivity contribution is 0.339. The molecule has 21 heavy (non-hydrogen) atoms. The number of aryl methyl sites for hydroxylation is 1. The molecule has 2 aromatic rings. The van der Waals surface area contributed by atoms with E-state index in [4.69, 9.17) is 17.3 Å². The molecular weight excluding hydrogens is 282 g/mol. The predicted octanol–water partition coefficient (Wildman–Crippen LogP) is 3.52. The van der Waals surface area contributed by atoms with Gasteiger partial charge < -0.3 is 10.6 Å². The van der Waals surface area contributed by atoms with Crippen LogP contribution < -0.4 is 5.73 Å². The molecule has 0 saturated carbocycles. The number of nitrogens with two attached hydrogens (primary N) is 1. The molecule has 2 N–H and O–H groups in total. The summed E-state index contributed by atoms with van der Waals surface area (Å²) in [7, 11) is 0. The van der Waals surface area contributed by atoms with Crippen molar-refractivity contribution in [3.63, 3.8) is 0 Å². The second-order valence-electron chi connectivity index (χ2n) is 5.33. The van der Waals surface area contributed by atoms with Gasteiger partial charge in [0, 0.05) is 11.6 Å². The average molecular weight is 300 g/mol. The highest BCUT2D eigenvalue weighted by molar-refractivity contribution is 6.30. The maximum Gasteiger partial charge on any atom is 0.192 e. The topological polar surface area (TPSA) is 41.6 Å². The summed E-state index contributed by atoms with van der Waals surface area (Å²) in [4.78, 5) is 6.58. The Hall–Kier alpha value is -2.00. The molecule has 0 bridgehead atoms. The molecule has 0 amide bonds. The van der Waals surface area contributed by atoms with E-state index in [9.17, 15) is 0 Å². The number of rotatable bonds is 3. The minimum atomic E-state index is 0.183. The molecule has 0 saturated heterocycles. The highest BCUT2D eigenvalue weighted by Crippen LogP contribution is 2.30. The van der Waals surface area contributed by atoms with E-state index in [-0.39, 0.29) is 6.04 Å². The van der Waals surface area contributed by atoms with Gasteiger partial charge in [0.05, 0.1) is 12.6 Å². The zero-order chi connectivity index (χ0) is 14.8. The molecule has 1 atom stereocenters. The van der Waals surface area contributed by atoms with Crippen LogP contribution in [0, 0.1) is 6.92 Å². The Morgan fingerprint density at radius 1 is 1.24 bits per heavy atom. The zero-order valence-electron chi connectivity index (χ0n) is 12.0. The molecule has 1 aliphatic rings. The first-order valence-corrected chi connectivity index (χ1v) is 7.39. The van der Waals surface area contributed by atoms with Gasteiger partial charge in [0.2, 0.25) is 0 Å². The summed E-state index contributed by atoms with van der Waals surface area (Å²) >= 11 is 6.05. The Bertz CT molecular complexity index is 667. The van der Waals surface area contributed by atoms with E-state index in [1.54, 1.807) is 0 Å². The average Bonchev–Trinajstić information content (AvgIpc) is 2.82. The first kappa shape index (κ1) is 14.0. The predicted molar refractivity (Wildman–Crippen MR) is 87.4 cm³/mol. The summed E-state index contributed by atoms with van der Waals surface area (Å²) in [6, 6.07) is 16.5. The van der Waals surface area contributed by atoms with E-state index in [0.717, 1.165) is 11.6 Å². The van der Waals surface area contributed by atoms with Crippen molar-refractivity contribution in [3.8, 4) is 0 Å². The molecule has 0 aliphatic carbocycles. The number of aliphatic imine (C=N–C) groups is 1. The molecule has 3 rings (SSSR count). The van der Waals surface area contributed by atoms with E-state index in [2.05, 4.69) is 35.0 Å². The van der Waals surface area contributed by atoms with Crippen molar-refractivity contribution >= 4 is 17.6 Å². The molecule has 1 aliphatic heterocycles. The third kappa shape index (κ3) is 2.88. The number of hydrogen-bond donors (Lipinski definition) is 1. The lowest BCUT2D eigenvalue weighted by atomic mass is 10.0. The number of benzene rings is 2. The van der Waals surface area contributed by atoms with Crippen LogP contribution in [-0.4, -0.2) is 17.4 Å². The summed E-state index contributed by atoms with van der Waals surface area (Å²) in [6.45, 7) is 3.54. The van der Waals surface area contributed by atoms with Crippen LogP contribution in [0.15, 0.2) is 53.5 Å². The van der Waals surface area contributed by atoms with Gasteiger partial charge >= 0.3 is 0 Å². The number of halogens is 1. The maximum absolute atomic E-state index is 6.08. The SMILES string of the molecule is Cc1cc(Cl)ccc1C1CN=C(N)N1Cc1ccccc1. The monoisotopic (exact) mass is 299 g/mol. The lowest BCUT2D eigenvalue weighted by Crippen LogP contribution is -2.35. The Morgan fingerprint density at radius 3 is 2.71 bits per heavy atom. The Labute approximate surface area is 130 Å². The Kier molecular flexibility index (Phi) is 3.84. The quantitative estimate of drug-likeness (QED) is 0.942. The Morgan fingerprint density at radius 2 is 2.00 bits per heavy atom. The molecule has 2 aromatic carbocycles. The van der Waals surface area contributed by atoms with Gasteiger partial charge in [-0.1, -0.05) is 48.0 Å². The molecule has 3 nitrogen and oxygen atoms in total. The van der Waals surface area contributed by atoms with Gasteiger partial charge in [-0.25, -0.2) is 0 Å². The third-order valence-corrected chi connectivity index (χ3v) is 4.12. The first-order valence-electron chi connectivity index (χ1n) is 7.01. The van der Waals surface area contributed by atoms with Crippen molar-refractivity contribution in [2.24, 2.45) is 10.7 Å². The summed E-state index contributed by atoms with van der Waals surface area (Å²) in [5.74, 6) is 0.609. The minimum absolute atomic E-state index is 0.183. The maximum atomic E-state index is 6.08. The molecule has 0 radical (unpaired) electrons. The van der Waals surface area contributed by atoms with Gasteiger partial charge in [0.15, 0.2) is 5.96 Å². The van der Waals surface area contributed by atoms with Gasteiger partial charge in [-0.15, -0.1) is 0 Å². The largest absolute Gasteiger partial charge is 0.370 e. The second-order valence-corrected chi connectivity index (χ2v) is 5.77. The van der Waals surface area contributed by atoms with E-state index < -0.39 is 0 Å². The van der Waals surface area contributed by atoms with Crippen LogP contribution in [0.2, 0.25) is 5.02 Å². The van der Waals surface area contributed by atoms with Crippen LogP contribution in [0.4, 0.5) is 0 Å². The molecule has 4 heteroatoms. The second kappa shape index (κ2) is 5.78. The van der Waals surface area contributed by atoms with E-state index >= 15 is 0 Å². The Balaban J connectivity index is 1.88. The van der Waals surface area contributed by atoms with Crippen LogP contribution in [-0.2, 0) is 6.54 Å². The van der Waals surface area contributed by atoms with E-state index in [1.807, 2.05) is 30.3 Å². The lowest BCUT2D eigenvalue weighted by Gasteiger charge is -2.27. The molecule has 0 fully saturated rings. The summed E-state index contributed by atoms with van der Waals surface area (Å²) in [5, 5.41) is 0.762. The van der Waals surface area contributed by atoms with Crippen LogP contribution in [0.1, 0.15) is 22.7 Å². The van der Waals surface area contributed by atoms with Crippen LogP contribution >= 0.6 is 11.6 Å². The molecular formula is C17H18ClN3. The van der Waals surface area contributed by atoms with Crippen molar-refractivity contribution < 1.29 is 0 Å².